The Morgan fingerprint density at radius 1 is 1.20 bits per heavy atom. The zero-order valence-corrected chi connectivity index (χ0v) is 12.6. The number of carbonyl (C=O) groups is 1. The number of nitrogens with one attached hydrogen (secondary N) is 1. The second-order valence-corrected chi connectivity index (χ2v) is 5.91. The highest BCUT2D eigenvalue weighted by molar-refractivity contribution is 6.39. The maximum Gasteiger partial charge on any atom is 0.271 e. The zero-order chi connectivity index (χ0) is 14.3. The van der Waals surface area contributed by atoms with Gasteiger partial charge in [-0.05, 0) is 25.2 Å². The van der Waals surface area contributed by atoms with Crippen LogP contribution in [0.5, 0.6) is 0 Å². The highest BCUT2D eigenvalue weighted by Gasteiger charge is 2.24. The van der Waals surface area contributed by atoms with Crippen LogP contribution in [0.4, 0.5) is 0 Å². The van der Waals surface area contributed by atoms with Crippen LogP contribution in [0.1, 0.15) is 10.5 Å². The number of amides is 1. The fourth-order valence-corrected chi connectivity index (χ4v) is 2.90. The summed E-state index contributed by atoms with van der Waals surface area (Å²) in [5.41, 5.74) is 1.28. The summed E-state index contributed by atoms with van der Waals surface area (Å²) < 4.78 is 0. The molecule has 1 amide bonds. The molecule has 0 bridgehead atoms. The van der Waals surface area contributed by atoms with Crippen LogP contribution in [0, 0.1) is 0 Å². The second kappa shape index (κ2) is 5.28. The second-order valence-electron chi connectivity index (χ2n) is 5.10. The first-order chi connectivity index (χ1) is 9.56. The summed E-state index contributed by atoms with van der Waals surface area (Å²) in [6.45, 7) is 3.22. The maximum atomic E-state index is 12.5. The first-order valence-electron chi connectivity index (χ1n) is 6.51. The molecule has 0 atom stereocenters. The molecule has 4 nitrogen and oxygen atoms in total. The number of halogens is 2. The van der Waals surface area contributed by atoms with Gasteiger partial charge in [-0.1, -0.05) is 23.2 Å². The van der Waals surface area contributed by atoms with Gasteiger partial charge in [0.05, 0.1) is 5.02 Å². The number of rotatable bonds is 1. The third-order valence-electron chi connectivity index (χ3n) is 3.70. The molecule has 1 aliphatic heterocycles. The molecule has 2 heterocycles. The van der Waals surface area contributed by atoms with Gasteiger partial charge >= 0.3 is 0 Å². The average Bonchev–Trinajstić information content (AvgIpc) is 2.76. The van der Waals surface area contributed by atoms with Crippen LogP contribution >= 0.6 is 23.2 Å². The van der Waals surface area contributed by atoms with Crippen LogP contribution in [0.2, 0.25) is 10.0 Å². The van der Waals surface area contributed by atoms with Crippen molar-refractivity contribution >= 4 is 40.0 Å². The molecule has 6 heteroatoms. The van der Waals surface area contributed by atoms with Gasteiger partial charge < -0.3 is 14.8 Å². The first kappa shape index (κ1) is 13.7. The average molecular weight is 312 g/mol. The summed E-state index contributed by atoms with van der Waals surface area (Å²) >= 11 is 12.3. The molecule has 0 aliphatic carbocycles. The fraction of sp³-hybridized carbons (Fsp3) is 0.357. The van der Waals surface area contributed by atoms with Crippen molar-refractivity contribution in [1.29, 1.82) is 0 Å². The number of benzene rings is 1. The third kappa shape index (κ3) is 2.39. The summed E-state index contributed by atoms with van der Waals surface area (Å²) in [5, 5.41) is 1.85. The number of piperazine rings is 1. The Balaban J connectivity index is 1.93. The molecule has 0 radical (unpaired) electrons. The van der Waals surface area contributed by atoms with Crippen molar-refractivity contribution in [2.45, 2.75) is 0 Å². The van der Waals surface area contributed by atoms with E-state index < -0.39 is 0 Å². The number of aromatic nitrogens is 1. The number of likely N-dealkylation sites (N-methyl/N-ethyl adjacent to an activating group) is 1. The van der Waals surface area contributed by atoms with Crippen LogP contribution in [-0.4, -0.2) is 53.9 Å². The van der Waals surface area contributed by atoms with Crippen LogP contribution in [0.25, 0.3) is 10.9 Å². The predicted octanol–water partition coefficient (Wildman–Crippen LogP) is 2.86. The smallest absolute Gasteiger partial charge is 0.271 e. The van der Waals surface area contributed by atoms with Crippen molar-refractivity contribution in [2.24, 2.45) is 0 Å². The number of aromatic amines is 1. The van der Waals surface area contributed by atoms with E-state index >= 15 is 0 Å². The van der Waals surface area contributed by atoms with Crippen molar-refractivity contribution in [3.63, 3.8) is 0 Å². The fourth-order valence-electron chi connectivity index (χ4n) is 2.45. The number of hydrogen-bond donors (Lipinski definition) is 1. The van der Waals surface area contributed by atoms with Crippen molar-refractivity contribution in [2.75, 3.05) is 33.2 Å². The molecule has 1 saturated heterocycles. The molecule has 1 N–H and O–H groups in total. The summed E-state index contributed by atoms with van der Waals surface area (Å²) in [5.74, 6) is -0.0459. The lowest BCUT2D eigenvalue weighted by Crippen LogP contribution is -2.47. The number of fused-ring (bicyclic) bond motifs is 1. The number of nitrogens with zero attached hydrogens (tertiary/aromatic N) is 2. The molecule has 0 saturated carbocycles. The summed E-state index contributed by atoms with van der Waals surface area (Å²) in [6, 6.07) is 5.39. The Kier molecular flexibility index (Phi) is 3.63. The van der Waals surface area contributed by atoms with E-state index in [0.717, 1.165) is 37.1 Å². The normalized spacial score (nSPS) is 16.9. The van der Waals surface area contributed by atoms with Crippen molar-refractivity contribution < 1.29 is 4.79 Å². The first-order valence-corrected chi connectivity index (χ1v) is 7.26. The van der Waals surface area contributed by atoms with Crippen molar-refractivity contribution in [3.05, 3.63) is 33.9 Å². The van der Waals surface area contributed by atoms with Crippen LogP contribution in [0.15, 0.2) is 18.2 Å². The number of H-pyrrole nitrogens is 1. The Hall–Kier alpha value is -1.23. The lowest BCUT2D eigenvalue weighted by Gasteiger charge is -2.32. The topological polar surface area (TPSA) is 39.3 Å². The summed E-state index contributed by atoms with van der Waals surface area (Å²) in [6.07, 6.45) is 0. The van der Waals surface area contributed by atoms with Gasteiger partial charge in [-0.25, -0.2) is 0 Å². The van der Waals surface area contributed by atoms with Crippen LogP contribution < -0.4 is 0 Å². The van der Waals surface area contributed by atoms with Gasteiger partial charge in [0, 0.05) is 42.1 Å². The van der Waals surface area contributed by atoms with Gasteiger partial charge in [-0.2, -0.15) is 0 Å². The third-order valence-corrected chi connectivity index (χ3v) is 4.33. The molecule has 1 fully saturated rings. The molecule has 0 spiro atoms. The van der Waals surface area contributed by atoms with Gasteiger partial charge in [-0.3, -0.25) is 4.79 Å². The van der Waals surface area contributed by atoms with E-state index in [1.807, 2.05) is 11.0 Å². The molecular weight excluding hydrogens is 297 g/mol. The van der Waals surface area contributed by atoms with E-state index in [1.165, 1.54) is 0 Å². The van der Waals surface area contributed by atoms with E-state index in [1.54, 1.807) is 12.1 Å². The van der Waals surface area contributed by atoms with Crippen LogP contribution in [0.3, 0.4) is 0 Å². The minimum atomic E-state index is -0.0459. The standard InChI is InChI=1S/C14H15Cl2N3O/c1-18-4-6-19(7-5-18)14(20)13-12(16)10-8-9(15)2-3-11(10)17-13/h2-3,8,17H,4-7H2,1H3. The Bertz CT molecular complexity index is 660. The molecule has 3 rings (SSSR count). The molecule has 1 aliphatic rings. The Morgan fingerprint density at radius 2 is 1.90 bits per heavy atom. The minimum absolute atomic E-state index is 0.0459. The van der Waals surface area contributed by atoms with Gasteiger partial charge in [0.15, 0.2) is 0 Å². The van der Waals surface area contributed by atoms with E-state index in [0.29, 0.717) is 15.7 Å². The molecule has 1 aromatic carbocycles. The van der Waals surface area contributed by atoms with Crippen LogP contribution in [-0.2, 0) is 0 Å². The lowest BCUT2D eigenvalue weighted by molar-refractivity contribution is 0.0659. The van der Waals surface area contributed by atoms with Crippen molar-refractivity contribution in [1.82, 2.24) is 14.8 Å². The Labute approximate surface area is 127 Å². The van der Waals surface area contributed by atoms with Gasteiger partial charge in [-0.15, -0.1) is 0 Å². The molecule has 2 aromatic rings. The molecule has 1 aromatic heterocycles. The largest absolute Gasteiger partial charge is 0.349 e. The minimum Gasteiger partial charge on any atom is -0.349 e. The van der Waals surface area contributed by atoms with E-state index in [-0.39, 0.29) is 5.91 Å². The summed E-state index contributed by atoms with van der Waals surface area (Å²) in [7, 11) is 2.06. The number of carbonyl (C=O) groups excluding carboxylic acids is 1. The predicted molar refractivity (Wildman–Crippen MR) is 81.7 cm³/mol. The molecular formula is C14H15Cl2N3O. The zero-order valence-electron chi connectivity index (χ0n) is 11.1. The van der Waals surface area contributed by atoms with E-state index in [4.69, 9.17) is 23.2 Å². The number of hydrogen-bond acceptors (Lipinski definition) is 2. The summed E-state index contributed by atoms with van der Waals surface area (Å²) in [4.78, 5) is 19.7. The Morgan fingerprint density at radius 3 is 2.60 bits per heavy atom. The van der Waals surface area contributed by atoms with Crippen molar-refractivity contribution in [3.8, 4) is 0 Å². The van der Waals surface area contributed by atoms with Gasteiger partial charge in [0.1, 0.15) is 5.69 Å². The monoisotopic (exact) mass is 311 g/mol. The van der Waals surface area contributed by atoms with E-state index in [2.05, 4.69) is 16.9 Å². The van der Waals surface area contributed by atoms with Gasteiger partial charge in [0.2, 0.25) is 0 Å². The lowest BCUT2D eigenvalue weighted by atomic mass is 10.2. The molecule has 20 heavy (non-hydrogen) atoms. The van der Waals surface area contributed by atoms with E-state index in [9.17, 15) is 4.79 Å². The molecule has 0 unspecified atom stereocenters. The highest BCUT2D eigenvalue weighted by atomic mass is 35.5. The molecule has 106 valence electrons. The quantitative estimate of drug-likeness (QED) is 0.879. The SMILES string of the molecule is CN1CCN(C(=O)c2[nH]c3ccc(Cl)cc3c2Cl)CC1. The van der Waals surface area contributed by atoms with Gasteiger partial charge in [0.25, 0.3) is 5.91 Å². The highest BCUT2D eigenvalue weighted by Crippen LogP contribution is 2.30. The maximum absolute atomic E-state index is 12.5.